The van der Waals surface area contributed by atoms with Gasteiger partial charge in [-0.3, -0.25) is 4.79 Å². The van der Waals surface area contributed by atoms with Crippen molar-refractivity contribution in [2.75, 3.05) is 27.7 Å². The van der Waals surface area contributed by atoms with Crippen LogP contribution in [0.3, 0.4) is 0 Å². The van der Waals surface area contributed by atoms with Gasteiger partial charge in [0.05, 0.1) is 21.1 Å². The third-order valence-corrected chi connectivity index (χ3v) is 1.76. The zero-order chi connectivity index (χ0) is 9.07. The molecule has 0 radical (unpaired) electrons. The molecule has 0 aromatic carbocycles. The molecular formula is C7H16INO2S. The molecule has 0 rings (SSSR count). The highest BCUT2D eigenvalue weighted by Crippen LogP contribution is 2.11. The normalized spacial score (nSPS) is 13.4. The summed E-state index contributed by atoms with van der Waals surface area (Å²) in [6.07, 6.45) is 0. The summed E-state index contributed by atoms with van der Waals surface area (Å²) >= 11 is 0.982. The van der Waals surface area contributed by atoms with Crippen molar-refractivity contribution in [3.8, 4) is 0 Å². The molecule has 0 heterocycles. The number of aliphatic hydroxyl groups is 1. The van der Waals surface area contributed by atoms with Crippen molar-refractivity contribution in [1.29, 1.82) is 0 Å². The zero-order valence-corrected chi connectivity index (χ0v) is 10.8. The molecule has 0 spiro atoms. The fraction of sp³-hybridized carbons (Fsp3) is 0.857. The lowest BCUT2D eigenvalue weighted by Gasteiger charge is -2.25. The van der Waals surface area contributed by atoms with Gasteiger partial charge in [-0.05, 0) is 0 Å². The highest BCUT2D eigenvalue weighted by atomic mass is 127. The van der Waals surface area contributed by atoms with Crippen LogP contribution in [0, 0.1) is 0 Å². The molecule has 1 atom stereocenters. The maximum Gasteiger partial charge on any atom is 0.188 e. The number of hydrogen-bond acceptors (Lipinski definition) is 3. The molecule has 0 amide bonds. The number of carbonyl (C=O) groups is 1. The number of halogens is 1. The summed E-state index contributed by atoms with van der Waals surface area (Å²) < 4.78 is 0.668. The minimum atomic E-state index is -0.576. The number of nitrogens with zero attached hydrogens (tertiary/aromatic N) is 1. The van der Waals surface area contributed by atoms with E-state index in [1.165, 1.54) is 6.92 Å². The monoisotopic (exact) mass is 305 g/mol. The summed E-state index contributed by atoms with van der Waals surface area (Å²) in [6, 6.07) is 0. The first-order chi connectivity index (χ1) is 4.81. The van der Waals surface area contributed by atoms with Crippen molar-refractivity contribution in [3.05, 3.63) is 0 Å². The van der Waals surface area contributed by atoms with E-state index in [0.29, 0.717) is 11.0 Å². The molecule has 0 aliphatic rings. The topological polar surface area (TPSA) is 37.3 Å². The van der Waals surface area contributed by atoms with Crippen LogP contribution >= 0.6 is 11.8 Å². The van der Waals surface area contributed by atoms with Gasteiger partial charge in [-0.2, -0.15) is 0 Å². The highest BCUT2D eigenvalue weighted by Gasteiger charge is 2.16. The van der Waals surface area contributed by atoms with E-state index in [0.717, 1.165) is 11.8 Å². The Morgan fingerprint density at radius 1 is 1.50 bits per heavy atom. The first-order valence-corrected chi connectivity index (χ1v) is 4.35. The maximum atomic E-state index is 10.5. The minimum Gasteiger partial charge on any atom is -1.00 e. The Kier molecular flexibility index (Phi) is 7.80. The van der Waals surface area contributed by atoms with Gasteiger partial charge < -0.3 is 33.6 Å². The summed E-state index contributed by atoms with van der Waals surface area (Å²) in [5.41, 5.74) is -0.576. The fourth-order valence-electron chi connectivity index (χ4n) is 0.697. The number of carbonyl (C=O) groups excluding carboxylic acids is 1. The predicted molar refractivity (Wildman–Crippen MR) is 47.2 cm³/mol. The molecule has 0 aliphatic heterocycles. The lowest BCUT2D eigenvalue weighted by atomic mass is 10.5. The summed E-state index contributed by atoms with van der Waals surface area (Å²) in [5, 5.41) is 9.25. The molecule has 0 saturated heterocycles. The molecule has 1 N–H and O–H groups in total. The second-order valence-corrected chi connectivity index (χ2v) is 4.89. The Labute approximate surface area is 95.1 Å². The Morgan fingerprint density at radius 3 is 2.17 bits per heavy atom. The lowest BCUT2D eigenvalue weighted by Crippen LogP contribution is -3.00. The van der Waals surface area contributed by atoms with Gasteiger partial charge in [0.2, 0.25) is 0 Å². The van der Waals surface area contributed by atoms with Crippen LogP contribution in [-0.4, -0.2) is 47.8 Å². The minimum absolute atomic E-state index is 0. The van der Waals surface area contributed by atoms with Crippen LogP contribution in [-0.2, 0) is 4.79 Å². The third kappa shape index (κ3) is 10.7. The average Bonchev–Trinajstić information content (AvgIpc) is 1.53. The Morgan fingerprint density at radius 2 is 1.92 bits per heavy atom. The van der Waals surface area contributed by atoms with Crippen LogP contribution in [0.2, 0.25) is 0 Å². The second kappa shape index (κ2) is 6.17. The molecular weight excluding hydrogens is 289 g/mol. The second-order valence-electron chi connectivity index (χ2n) is 3.54. The van der Waals surface area contributed by atoms with E-state index in [4.69, 9.17) is 0 Å². The summed E-state index contributed by atoms with van der Waals surface area (Å²) in [5.74, 6) is 0. The first kappa shape index (κ1) is 15.2. The fourth-order valence-corrected chi connectivity index (χ4v) is 1.60. The molecule has 0 saturated carbocycles. The molecule has 0 aliphatic carbocycles. The number of quaternary nitrogens is 1. The van der Waals surface area contributed by atoms with Crippen molar-refractivity contribution in [2.24, 2.45) is 0 Å². The van der Waals surface area contributed by atoms with Crippen LogP contribution < -0.4 is 24.0 Å². The quantitative estimate of drug-likeness (QED) is 0.350. The van der Waals surface area contributed by atoms with E-state index in [1.807, 2.05) is 21.1 Å². The first-order valence-electron chi connectivity index (χ1n) is 3.47. The largest absolute Gasteiger partial charge is 1.00 e. The number of likely N-dealkylation sites (N-methyl/N-ethyl adjacent to an activating group) is 1. The van der Waals surface area contributed by atoms with Gasteiger partial charge in [0.15, 0.2) is 10.6 Å². The number of hydrogen-bond donors (Lipinski definition) is 1. The summed E-state index contributed by atoms with van der Waals surface area (Å²) in [4.78, 5) is 10.5. The highest BCUT2D eigenvalue weighted by molar-refractivity contribution is 8.13. The molecule has 0 aromatic rings. The molecule has 0 aromatic heterocycles. The Hall–Kier alpha value is 0.670. The van der Waals surface area contributed by atoms with E-state index in [-0.39, 0.29) is 29.1 Å². The van der Waals surface area contributed by atoms with Crippen LogP contribution in [0.4, 0.5) is 0 Å². The average molecular weight is 305 g/mol. The van der Waals surface area contributed by atoms with Crippen LogP contribution in [0.15, 0.2) is 0 Å². The Bertz CT molecular complexity index is 147. The zero-order valence-electron chi connectivity index (χ0n) is 7.87. The van der Waals surface area contributed by atoms with Crippen LogP contribution in [0.25, 0.3) is 0 Å². The van der Waals surface area contributed by atoms with Gasteiger partial charge in [0.25, 0.3) is 0 Å². The van der Waals surface area contributed by atoms with E-state index < -0.39 is 5.44 Å². The van der Waals surface area contributed by atoms with Crippen LogP contribution in [0.5, 0.6) is 0 Å². The molecule has 0 bridgehead atoms. The van der Waals surface area contributed by atoms with Gasteiger partial charge in [0.1, 0.15) is 6.54 Å². The van der Waals surface area contributed by atoms with Crippen molar-refractivity contribution in [3.63, 3.8) is 0 Å². The van der Waals surface area contributed by atoms with Gasteiger partial charge >= 0.3 is 0 Å². The number of aliphatic hydroxyl groups excluding tert-OH is 1. The predicted octanol–water partition coefficient (Wildman–Crippen LogP) is -2.71. The molecule has 74 valence electrons. The van der Waals surface area contributed by atoms with Crippen molar-refractivity contribution in [2.45, 2.75) is 12.4 Å². The van der Waals surface area contributed by atoms with Crippen molar-refractivity contribution < 1.29 is 38.4 Å². The molecule has 5 heteroatoms. The number of rotatable bonds is 3. The van der Waals surface area contributed by atoms with E-state index in [1.54, 1.807) is 0 Å². The van der Waals surface area contributed by atoms with E-state index >= 15 is 0 Å². The van der Waals surface area contributed by atoms with Gasteiger partial charge in [-0.15, -0.1) is 0 Å². The smallest absolute Gasteiger partial charge is 0.188 e. The molecule has 1 unspecified atom stereocenters. The summed E-state index contributed by atoms with van der Waals surface area (Å²) in [6.45, 7) is 2.05. The summed E-state index contributed by atoms with van der Waals surface area (Å²) in [7, 11) is 5.93. The molecule has 0 fully saturated rings. The van der Waals surface area contributed by atoms with E-state index in [2.05, 4.69) is 0 Å². The van der Waals surface area contributed by atoms with Crippen molar-refractivity contribution >= 4 is 16.9 Å². The third-order valence-electron chi connectivity index (χ3n) is 1.01. The van der Waals surface area contributed by atoms with Gasteiger partial charge in [0, 0.05) is 6.92 Å². The van der Waals surface area contributed by atoms with Gasteiger partial charge in [-0.25, -0.2) is 0 Å². The molecule has 12 heavy (non-hydrogen) atoms. The molecule has 3 nitrogen and oxygen atoms in total. The Balaban J connectivity index is 0. The van der Waals surface area contributed by atoms with Crippen molar-refractivity contribution in [1.82, 2.24) is 0 Å². The standard InChI is InChI=1S/C7H16NO2S.HI/c1-6(9)11-7(10)5-8(2,3)4;/h7,10H,5H2,1-4H3;1H/q+1;/p-1. The van der Waals surface area contributed by atoms with Crippen LogP contribution in [0.1, 0.15) is 6.92 Å². The SMILES string of the molecule is CC(=O)SC(O)C[N+](C)(C)C.[I-]. The lowest BCUT2D eigenvalue weighted by molar-refractivity contribution is -0.871. The van der Waals surface area contributed by atoms with E-state index in [9.17, 15) is 9.90 Å². The van der Waals surface area contributed by atoms with Gasteiger partial charge in [-0.1, -0.05) is 11.8 Å². The number of thioether (sulfide) groups is 1. The maximum absolute atomic E-state index is 10.5.